The van der Waals surface area contributed by atoms with Gasteiger partial charge in [0.25, 0.3) is 0 Å². The Labute approximate surface area is 237 Å². The minimum Gasteiger partial charge on any atom is -0.491 e. The molecule has 0 spiro atoms. The number of benzene rings is 3. The van der Waals surface area contributed by atoms with Gasteiger partial charge in [0.2, 0.25) is 0 Å². The number of unbranched alkanes of at least 4 members (excludes halogenated alkanes) is 9. The molecule has 4 nitrogen and oxygen atoms in total. The number of carbonyl (C=O) groups excluding carboxylic acids is 1. The summed E-state index contributed by atoms with van der Waals surface area (Å²) in [6, 6.07) is 16.6. The standard InChI is InChI=1S/C34H42F2O4/c1-3-5-7-9-11-16-24-39-40-34(37)29-21-20-28(26-17-13-12-14-18-26)32(33(29)36)27-19-22-31(30(35)25-27)38-23-15-10-8-6-4-2/h12-14,17-22,25H,3-11,15-16,23-24H2,1-2H3. The molecule has 0 aliphatic carbocycles. The lowest BCUT2D eigenvalue weighted by molar-refractivity contribution is -0.241. The van der Waals surface area contributed by atoms with Gasteiger partial charge in [0.05, 0.1) is 18.8 Å². The van der Waals surface area contributed by atoms with Gasteiger partial charge >= 0.3 is 5.97 Å². The van der Waals surface area contributed by atoms with E-state index in [0.717, 1.165) is 50.5 Å². The van der Waals surface area contributed by atoms with Crippen molar-refractivity contribution in [1.29, 1.82) is 0 Å². The zero-order valence-electron chi connectivity index (χ0n) is 23.9. The van der Waals surface area contributed by atoms with Gasteiger partial charge in [-0.15, -0.1) is 0 Å². The predicted octanol–water partition coefficient (Wildman–Crippen LogP) is 10.1. The van der Waals surface area contributed by atoms with Crippen LogP contribution in [0.5, 0.6) is 5.75 Å². The first-order valence-electron chi connectivity index (χ1n) is 14.7. The van der Waals surface area contributed by atoms with E-state index in [-0.39, 0.29) is 23.5 Å². The largest absolute Gasteiger partial charge is 0.491 e. The lowest BCUT2D eigenvalue weighted by Crippen LogP contribution is -2.10. The zero-order valence-corrected chi connectivity index (χ0v) is 23.9. The highest BCUT2D eigenvalue weighted by Crippen LogP contribution is 2.37. The molecule has 216 valence electrons. The fraction of sp³-hybridized carbons (Fsp3) is 0.441. The Morgan fingerprint density at radius 2 is 1.35 bits per heavy atom. The van der Waals surface area contributed by atoms with Gasteiger partial charge in [0.15, 0.2) is 11.6 Å². The summed E-state index contributed by atoms with van der Waals surface area (Å²) in [5.74, 6) is -2.18. The second-order valence-electron chi connectivity index (χ2n) is 10.1. The van der Waals surface area contributed by atoms with Gasteiger partial charge < -0.3 is 4.74 Å². The first-order chi connectivity index (χ1) is 19.6. The van der Waals surface area contributed by atoms with Crippen LogP contribution in [0.25, 0.3) is 22.3 Å². The Kier molecular flexibility index (Phi) is 13.6. The molecule has 0 amide bonds. The van der Waals surface area contributed by atoms with E-state index in [2.05, 4.69) is 13.8 Å². The molecule has 0 saturated heterocycles. The molecule has 0 aliphatic heterocycles. The minimum atomic E-state index is -0.923. The summed E-state index contributed by atoms with van der Waals surface area (Å²) in [5, 5.41) is 0. The van der Waals surface area contributed by atoms with Gasteiger partial charge in [-0.2, -0.15) is 4.89 Å². The van der Waals surface area contributed by atoms with Crippen molar-refractivity contribution in [2.75, 3.05) is 13.2 Å². The molecule has 0 N–H and O–H groups in total. The molecule has 0 bridgehead atoms. The summed E-state index contributed by atoms with van der Waals surface area (Å²) in [4.78, 5) is 22.7. The molecular weight excluding hydrogens is 510 g/mol. The van der Waals surface area contributed by atoms with Gasteiger partial charge in [-0.1, -0.05) is 114 Å². The molecule has 6 heteroatoms. The lowest BCUT2D eigenvalue weighted by atomic mass is 9.92. The average molecular weight is 553 g/mol. The van der Waals surface area contributed by atoms with Crippen molar-refractivity contribution in [3.05, 3.63) is 77.9 Å². The SMILES string of the molecule is CCCCCCCCOOC(=O)c1ccc(-c2ccccc2)c(-c2ccc(OCCCCCCC)c(F)c2)c1F. The van der Waals surface area contributed by atoms with E-state index in [1.54, 1.807) is 12.1 Å². The molecule has 3 rings (SSSR count). The Balaban J connectivity index is 1.76. The summed E-state index contributed by atoms with van der Waals surface area (Å²) in [6.45, 7) is 4.99. The summed E-state index contributed by atoms with van der Waals surface area (Å²) in [5.41, 5.74) is 1.41. The van der Waals surface area contributed by atoms with Crippen LogP contribution in [0.2, 0.25) is 0 Å². The predicted molar refractivity (Wildman–Crippen MR) is 156 cm³/mol. The first kappa shape index (κ1) is 31.3. The molecule has 0 unspecified atom stereocenters. The fourth-order valence-electron chi connectivity index (χ4n) is 4.62. The highest BCUT2D eigenvalue weighted by atomic mass is 19.1. The minimum absolute atomic E-state index is 0.113. The van der Waals surface area contributed by atoms with Crippen LogP contribution in [0.1, 0.15) is 94.8 Å². The van der Waals surface area contributed by atoms with Crippen molar-refractivity contribution >= 4 is 5.97 Å². The molecule has 0 atom stereocenters. The van der Waals surface area contributed by atoms with Gasteiger partial charge in [-0.05, 0) is 47.7 Å². The Morgan fingerprint density at radius 1 is 0.700 bits per heavy atom. The van der Waals surface area contributed by atoms with E-state index in [4.69, 9.17) is 14.5 Å². The normalized spacial score (nSPS) is 11.0. The number of hydrogen-bond donors (Lipinski definition) is 0. The summed E-state index contributed by atoms with van der Waals surface area (Å²) in [7, 11) is 0. The number of halogens is 2. The Morgan fingerprint density at radius 3 is 2.02 bits per heavy atom. The fourth-order valence-corrected chi connectivity index (χ4v) is 4.62. The van der Waals surface area contributed by atoms with Crippen molar-refractivity contribution in [3.8, 4) is 28.0 Å². The Hall–Kier alpha value is -3.25. The van der Waals surface area contributed by atoms with Crippen molar-refractivity contribution in [1.82, 2.24) is 0 Å². The highest BCUT2D eigenvalue weighted by Gasteiger charge is 2.23. The maximum absolute atomic E-state index is 16.0. The number of rotatable bonds is 18. The molecule has 0 heterocycles. The Bertz CT molecular complexity index is 1180. The van der Waals surface area contributed by atoms with E-state index in [9.17, 15) is 4.79 Å². The number of carbonyl (C=O) groups is 1. The third-order valence-corrected chi connectivity index (χ3v) is 6.89. The molecule has 40 heavy (non-hydrogen) atoms. The van der Waals surface area contributed by atoms with Crippen molar-refractivity contribution < 1.29 is 28.1 Å². The van der Waals surface area contributed by atoms with Gasteiger partial charge in [-0.25, -0.2) is 13.6 Å². The summed E-state index contributed by atoms with van der Waals surface area (Å²) in [6.07, 6.45) is 11.7. The van der Waals surface area contributed by atoms with Crippen LogP contribution in [0.4, 0.5) is 8.78 Å². The van der Waals surface area contributed by atoms with Gasteiger partial charge in [0, 0.05) is 5.56 Å². The maximum atomic E-state index is 16.0. The molecule has 0 aliphatic rings. The van der Waals surface area contributed by atoms with Crippen molar-refractivity contribution in [3.63, 3.8) is 0 Å². The van der Waals surface area contributed by atoms with E-state index in [1.165, 1.54) is 43.9 Å². The van der Waals surface area contributed by atoms with Gasteiger partial charge in [-0.3, -0.25) is 4.89 Å². The molecule has 3 aromatic carbocycles. The highest BCUT2D eigenvalue weighted by molar-refractivity contribution is 5.95. The molecule has 0 saturated carbocycles. The van der Waals surface area contributed by atoms with E-state index >= 15 is 8.78 Å². The van der Waals surface area contributed by atoms with Gasteiger partial charge in [0.1, 0.15) is 5.82 Å². The third kappa shape index (κ3) is 9.44. The molecule has 0 fully saturated rings. The van der Waals surface area contributed by atoms with Crippen LogP contribution in [0, 0.1) is 11.6 Å². The quantitative estimate of drug-likeness (QED) is 0.0895. The topological polar surface area (TPSA) is 44.8 Å². The zero-order chi connectivity index (χ0) is 28.6. The molecule has 0 aromatic heterocycles. The van der Waals surface area contributed by atoms with Crippen molar-refractivity contribution in [2.24, 2.45) is 0 Å². The molecular formula is C34H42F2O4. The van der Waals surface area contributed by atoms with Crippen LogP contribution in [-0.4, -0.2) is 19.2 Å². The first-order valence-corrected chi connectivity index (χ1v) is 14.7. The monoisotopic (exact) mass is 552 g/mol. The smallest absolute Gasteiger partial charge is 0.376 e. The average Bonchev–Trinajstić information content (AvgIpc) is 2.97. The number of hydrogen-bond acceptors (Lipinski definition) is 4. The second-order valence-corrected chi connectivity index (χ2v) is 10.1. The van der Waals surface area contributed by atoms with Crippen molar-refractivity contribution in [2.45, 2.75) is 84.5 Å². The van der Waals surface area contributed by atoms with Crippen LogP contribution in [-0.2, 0) is 9.78 Å². The van der Waals surface area contributed by atoms with Crippen LogP contribution < -0.4 is 4.74 Å². The second kappa shape index (κ2) is 17.4. The van der Waals surface area contributed by atoms with Crippen LogP contribution >= 0.6 is 0 Å². The van der Waals surface area contributed by atoms with Crippen LogP contribution in [0.3, 0.4) is 0 Å². The van der Waals surface area contributed by atoms with E-state index < -0.39 is 17.6 Å². The third-order valence-electron chi connectivity index (χ3n) is 6.89. The van der Waals surface area contributed by atoms with E-state index in [1.807, 2.05) is 30.3 Å². The van der Waals surface area contributed by atoms with Crippen LogP contribution in [0.15, 0.2) is 60.7 Å². The summed E-state index contributed by atoms with van der Waals surface area (Å²) < 4.78 is 36.7. The summed E-state index contributed by atoms with van der Waals surface area (Å²) >= 11 is 0. The molecule has 0 radical (unpaired) electrons. The lowest BCUT2D eigenvalue weighted by Gasteiger charge is -2.15. The van der Waals surface area contributed by atoms with E-state index in [0.29, 0.717) is 17.7 Å². The number of ether oxygens (including phenoxy) is 1. The maximum Gasteiger partial charge on any atom is 0.376 e. The molecule has 3 aromatic rings.